The molecule has 0 unspecified atom stereocenters. The molecule has 0 aliphatic heterocycles. The van der Waals surface area contributed by atoms with Crippen molar-refractivity contribution in [3.63, 3.8) is 0 Å². The van der Waals surface area contributed by atoms with Crippen LogP contribution in [0.3, 0.4) is 0 Å². The molecule has 1 amide bonds. The van der Waals surface area contributed by atoms with Gasteiger partial charge < -0.3 is 0 Å². The van der Waals surface area contributed by atoms with Crippen molar-refractivity contribution in [2.45, 2.75) is 24.8 Å². The van der Waals surface area contributed by atoms with Gasteiger partial charge in [-0.05, 0) is 48.0 Å². The van der Waals surface area contributed by atoms with Crippen LogP contribution in [0.25, 0.3) is 10.2 Å². The predicted molar refractivity (Wildman–Crippen MR) is 128 cm³/mol. The molecule has 164 valence electrons. The molecule has 0 fully saturated rings. The fourth-order valence-electron chi connectivity index (χ4n) is 3.17. The highest BCUT2D eigenvalue weighted by molar-refractivity contribution is 7.91. The first kappa shape index (κ1) is 22.4. The first-order chi connectivity index (χ1) is 15.4. The van der Waals surface area contributed by atoms with Gasteiger partial charge in [-0.1, -0.05) is 48.1 Å². The van der Waals surface area contributed by atoms with E-state index in [4.69, 9.17) is 11.6 Å². The molecule has 0 aliphatic carbocycles. The van der Waals surface area contributed by atoms with Crippen LogP contribution >= 0.6 is 22.9 Å². The lowest BCUT2D eigenvalue weighted by atomic mass is 10.1. The SMILES string of the molecule is CCS(=O)(=O)c1ccc(CC(=O)N(Cc2ccccn2)c2nc3ccc(Cl)cc3s2)cc1. The van der Waals surface area contributed by atoms with Crippen LogP contribution in [0.2, 0.25) is 5.02 Å². The quantitative estimate of drug-likeness (QED) is 0.371. The first-order valence-corrected chi connectivity index (χ1v) is 12.8. The van der Waals surface area contributed by atoms with Gasteiger partial charge in [-0.15, -0.1) is 0 Å². The number of thiazole rings is 1. The van der Waals surface area contributed by atoms with Crippen LogP contribution in [-0.2, 0) is 27.6 Å². The van der Waals surface area contributed by atoms with Crippen molar-refractivity contribution >= 4 is 54.0 Å². The van der Waals surface area contributed by atoms with E-state index >= 15 is 0 Å². The van der Waals surface area contributed by atoms with E-state index in [0.29, 0.717) is 10.2 Å². The van der Waals surface area contributed by atoms with Crippen LogP contribution in [-0.4, -0.2) is 30.0 Å². The third kappa shape index (κ3) is 4.98. The normalized spacial score (nSPS) is 11.6. The molecule has 0 radical (unpaired) electrons. The van der Waals surface area contributed by atoms with Crippen molar-refractivity contribution in [1.82, 2.24) is 9.97 Å². The number of hydrogen-bond donors (Lipinski definition) is 0. The Labute approximate surface area is 195 Å². The number of aromatic nitrogens is 2. The summed E-state index contributed by atoms with van der Waals surface area (Å²) in [5.41, 5.74) is 2.23. The van der Waals surface area contributed by atoms with Crippen molar-refractivity contribution in [1.29, 1.82) is 0 Å². The molecular weight excluding hydrogens is 466 g/mol. The molecule has 4 rings (SSSR count). The minimum absolute atomic E-state index is 0.0325. The maximum absolute atomic E-state index is 13.3. The number of fused-ring (bicyclic) bond motifs is 1. The lowest BCUT2D eigenvalue weighted by molar-refractivity contribution is -0.118. The van der Waals surface area contributed by atoms with Gasteiger partial charge in [0.1, 0.15) is 0 Å². The van der Waals surface area contributed by atoms with Gasteiger partial charge in [0, 0.05) is 11.2 Å². The molecule has 0 saturated heterocycles. The molecule has 0 aliphatic rings. The minimum atomic E-state index is -3.28. The number of pyridine rings is 1. The molecule has 32 heavy (non-hydrogen) atoms. The third-order valence-corrected chi connectivity index (χ3v) is 7.96. The Balaban J connectivity index is 1.63. The number of nitrogens with zero attached hydrogens (tertiary/aromatic N) is 3. The molecule has 0 spiro atoms. The second-order valence-corrected chi connectivity index (χ2v) is 10.9. The molecule has 2 aromatic carbocycles. The summed E-state index contributed by atoms with van der Waals surface area (Å²) in [5, 5.41) is 1.17. The Kier molecular flexibility index (Phi) is 6.55. The predicted octanol–water partition coefficient (Wildman–Crippen LogP) is 4.91. The second-order valence-electron chi connectivity index (χ2n) is 7.13. The summed E-state index contributed by atoms with van der Waals surface area (Å²) in [4.78, 5) is 24.2. The van der Waals surface area contributed by atoms with Gasteiger partial charge in [0.25, 0.3) is 0 Å². The second kappa shape index (κ2) is 9.36. The minimum Gasteiger partial charge on any atom is -0.282 e. The average Bonchev–Trinajstić information content (AvgIpc) is 3.21. The number of sulfone groups is 1. The van der Waals surface area contributed by atoms with Crippen molar-refractivity contribution < 1.29 is 13.2 Å². The summed E-state index contributed by atoms with van der Waals surface area (Å²) >= 11 is 7.50. The molecule has 0 saturated carbocycles. The summed E-state index contributed by atoms with van der Waals surface area (Å²) in [5.74, 6) is -0.128. The topological polar surface area (TPSA) is 80.2 Å². The summed E-state index contributed by atoms with van der Waals surface area (Å²) < 4.78 is 25.0. The maximum atomic E-state index is 13.3. The van der Waals surface area contributed by atoms with E-state index in [1.807, 2.05) is 30.3 Å². The lowest BCUT2D eigenvalue weighted by Gasteiger charge is -2.19. The number of anilines is 1. The zero-order valence-corrected chi connectivity index (χ0v) is 19.6. The largest absolute Gasteiger partial charge is 0.282 e. The molecule has 0 atom stereocenters. The Bertz CT molecular complexity index is 1350. The van der Waals surface area contributed by atoms with E-state index in [1.165, 1.54) is 11.3 Å². The summed E-state index contributed by atoms with van der Waals surface area (Å²) in [7, 11) is -3.28. The van der Waals surface area contributed by atoms with Crippen molar-refractivity contribution in [3.8, 4) is 0 Å². The third-order valence-electron chi connectivity index (χ3n) is 4.94. The highest BCUT2D eigenvalue weighted by Gasteiger charge is 2.21. The van der Waals surface area contributed by atoms with Crippen LogP contribution in [0.15, 0.2) is 71.8 Å². The Morgan fingerprint density at radius 3 is 2.56 bits per heavy atom. The number of carbonyl (C=O) groups is 1. The van der Waals surface area contributed by atoms with Crippen LogP contribution in [0, 0.1) is 0 Å². The standard InChI is InChI=1S/C23H20ClN3O3S2/c1-2-32(29,30)19-9-6-16(7-10-19)13-22(28)27(15-18-5-3-4-12-25-18)23-26-20-11-8-17(24)14-21(20)31-23/h3-12,14H,2,13,15H2,1H3. The van der Waals surface area contributed by atoms with E-state index in [2.05, 4.69) is 9.97 Å². The Morgan fingerprint density at radius 1 is 1.09 bits per heavy atom. The number of carbonyl (C=O) groups excluding carboxylic acids is 1. The first-order valence-electron chi connectivity index (χ1n) is 9.94. The number of rotatable bonds is 7. The van der Waals surface area contributed by atoms with Gasteiger partial charge in [-0.2, -0.15) is 0 Å². The maximum Gasteiger partial charge on any atom is 0.233 e. The molecule has 2 heterocycles. The van der Waals surface area contributed by atoms with E-state index in [1.54, 1.807) is 48.4 Å². The number of benzene rings is 2. The zero-order valence-electron chi connectivity index (χ0n) is 17.2. The monoisotopic (exact) mass is 485 g/mol. The fraction of sp³-hybridized carbons (Fsp3) is 0.174. The van der Waals surface area contributed by atoms with Crippen LogP contribution < -0.4 is 4.90 Å². The van der Waals surface area contributed by atoms with Crippen molar-refractivity contribution in [3.05, 3.63) is 83.1 Å². The van der Waals surface area contributed by atoms with E-state index in [9.17, 15) is 13.2 Å². The molecular formula is C23H20ClN3O3S2. The van der Waals surface area contributed by atoms with Gasteiger partial charge in [-0.3, -0.25) is 14.7 Å². The van der Waals surface area contributed by atoms with E-state index in [-0.39, 0.29) is 29.5 Å². The fourth-order valence-corrected chi connectivity index (χ4v) is 5.31. The van der Waals surface area contributed by atoms with Gasteiger partial charge >= 0.3 is 0 Å². The molecule has 0 bridgehead atoms. The summed E-state index contributed by atoms with van der Waals surface area (Å²) in [6.07, 6.45) is 1.79. The van der Waals surface area contributed by atoms with Crippen molar-refractivity contribution in [2.75, 3.05) is 10.7 Å². The Hall–Kier alpha value is -2.81. The van der Waals surface area contributed by atoms with Crippen molar-refractivity contribution in [2.24, 2.45) is 0 Å². The van der Waals surface area contributed by atoms with E-state index in [0.717, 1.165) is 21.5 Å². The molecule has 6 nitrogen and oxygen atoms in total. The van der Waals surface area contributed by atoms with Gasteiger partial charge in [-0.25, -0.2) is 13.4 Å². The van der Waals surface area contributed by atoms with Gasteiger partial charge in [0.15, 0.2) is 15.0 Å². The molecule has 4 aromatic rings. The highest BCUT2D eigenvalue weighted by atomic mass is 35.5. The Morgan fingerprint density at radius 2 is 1.88 bits per heavy atom. The highest BCUT2D eigenvalue weighted by Crippen LogP contribution is 2.32. The lowest BCUT2D eigenvalue weighted by Crippen LogP contribution is -2.32. The van der Waals surface area contributed by atoms with Crippen LogP contribution in [0.4, 0.5) is 5.13 Å². The van der Waals surface area contributed by atoms with Crippen LogP contribution in [0.5, 0.6) is 0 Å². The van der Waals surface area contributed by atoms with E-state index < -0.39 is 9.84 Å². The smallest absolute Gasteiger partial charge is 0.233 e. The van der Waals surface area contributed by atoms with Gasteiger partial charge in [0.2, 0.25) is 5.91 Å². The summed E-state index contributed by atoms with van der Waals surface area (Å²) in [6.45, 7) is 1.88. The molecule has 2 aromatic heterocycles. The van der Waals surface area contributed by atoms with Crippen LogP contribution in [0.1, 0.15) is 18.2 Å². The summed E-state index contributed by atoms with van der Waals surface area (Å²) in [6, 6.07) is 17.4. The zero-order chi connectivity index (χ0) is 22.7. The molecule has 9 heteroatoms. The number of amides is 1. The number of hydrogen-bond acceptors (Lipinski definition) is 6. The van der Waals surface area contributed by atoms with Gasteiger partial charge in [0.05, 0.1) is 39.5 Å². The molecule has 0 N–H and O–H groups in total. The number of halogens is 1. The average molecular weight is 486 g/mol.